The number of nitrogen functional groups attached to an aromatic ring is 1. The highest BCUT2D eigenvalue weighted by Gasteiger charge is 2.28. The standard InChI is InChI=1S/C26H28N6O4S/c1-17-4-10-21(11-5-17)37(35,36)29-15-18-6-8-19(9-7-18)24-23-22(12-13-28-25(23)27)32(30-24)20-3-2-14-31(16-20)26(33)34/h4-13,20,29H,2-3,14-16H2,1H3,(H2,27,28)(H,33,34)/t20-/m1/s1. The van der Waals surface area contributed by atoms with Crippen LogP contribution in [-0.2, 0) is 16.6 Å². The Balaban J connectivity index is 1.41. The van der Waals surface area contributed by atoms with Crippen LogP contribution >= 0.6 is 0 Å². The zero-order valence-corrected chi connectivity index (χ0v) is 21.1. The fourth-order valence-electron chi connectivity index (χ4n) is 4.68. The summed E-state index contributed by atoms with van der Waals surface area (Å²) < 4.78 is 29.7. The molecule has 4 aromatic rings. The maximum Gasteiger partial charge on any atom is 0.407 e. The van der Waals surface area contributed by atoms with Gasteiger partial charge in [-0.1, -0.05) is 42.0 Å². The number of fused-ring (bicyclic) bond motifs is 1. The highest BCUT2D eigenvalue weighted by Crippen LogP contribution is 2.34. The number of nitrogens with two attached hydrogens (primary N) is 1. The molecule has 0 saturated carbocycles. The van der Waals surface area contributed by atoms with Gasteiger partial charge in [0.2, 0.25) is 10.0 Å². The maximum atomic E-state index is 12.6. The second kappa shape index (κ2) is 9.83. The number of carboxylic acid groups (broad SMARTS) is 1. The molecule has 0 aliphatic carbocycles. The summed E-state index contributed by atoms with van der Waals surface area (Å²) in [7, 11) is -3.63. The monoisotopic (exact) mass is 520 g/mol. The van der Waals surface area contributed by atoms with Crippen molar-refractivity contribution in [1.82, 2.24) is 24.4 Å². The van der Waals surface area contributed by atoms with Gasteiger partial charge >= 0.3 is 6.09 Å². The third-order valence-electron chi connectivity index (χ3n) is 6.69. The second-order valence-electron chi connectivity index (χ2n) is 9.24. The number of hydrogen-bond donors (Lipinski definition) is 3. The van der Waals surface area contributed by atoms with Gasteiger partial charge in [-0.25, -0.2) is 22.9 Å². The summed E-state index contributed by atoms with van der Waals surface area (Å²) >= 11 is 0. The van der Waals surface area contributed by atoms with E-state index in [1.165, 1.54) is 4.90 Å². The molecular weight excluding hydrogens is 492 g/mol. The first-order chi connectivity index (χ1) is 17.7. The van der Waals surface area contributed by atoms with Gasteiger partial charge in [-0.3, -0.25) is 4.68 Å². The Labute approximate surface area is 214 Å². The van der Waals surface area contributed by atoms with Crippen molar-refractivity contribution < 1.29 is 18.3 Å². The van der Waals surface area contributed by atoms with E-state index in [9.17, 15) is 18.3 Å². The van der Waals surface area contributed by atoms with Crippen molar-refractivity contribution in [3.63, 3.8) is 0 Å². The van der Waals surface area contributed by atoms with Crippen LogP contribution in [0.5, 0.6) is 0 Å². The number of nitrogens with zero attached hydrogens (tertiary/aromatic N) is 4. The lowest BCUT2D eigenvalue weighted by atomic mass is 10.1. The molecule has 1 saturated heterocycles. The van der Waals surface area contributed by atoms with Crippen LogP contribution in [0.2, 0.25) is 0 Å². The summed E-state index contributed by atoms with van der Waals surface area (Å²) in [5, 5.41) is 15.0. The van der Waals surface area contributed by atoms with Gasteiger partial charge in [0.25, 0.3) is 0 Å². The number of nitrogens with one attached hydrogen (secondary N) is 1. The molecule has 1 aliphatic rings. The second-order valence-corrected chi connectivity index (χ2v) is 11.0. The van der Waals surface area contributed by atoms with Gasteiger partial charge < -0.3 is 15.7 Å². The van der Waals surface area contributed by atoms with E-state index in [1.54, 1.807) is 30.5 Å². The molecule has 1 amide bonds. The Bertz CT molecular complexity index is 1550. The molecule has 11 heteroatoms. The van der Waals surface area contributed by atoms with E-state index in [0.717, 1.165) is 35.0 Å². The van der Waals surface area contributed by atoms with Crippen molar-refractivity contribution in [3.8, 4) is 11.3 Å². The molecule has 192 valence electrons. The van der Waals surface area contributed by atoms with E-state index >= 15 is 0 Å². The van der Waals surface area contributed by atoms with Gasteiger partial charge in [0, 0.05) is 31.4 Å². The van der Waals surface area contributed by atoms with E-state index in [-0.39, 0.29) is 17.5 Å². The van der Waals surface area contributed by atoms with Crippen molar-refractivity contribution in [2.45, 2.75) is 37.2 Å². The zero-order chi connectivity index (χ0) is 26.2. The average Bonchev–Trinajstić information content (AvgIpc) is 3.29. The summed E-state index contributed by atoms with van der Waals surface area (Å²) in [6, 6.07) is 15.9. The zero-order valence-electron chi connectivity index (χ0n) is 20.3. The lowest BCUT2D eigenvalue weighted by Gasteiger charge is -2.31. The number of pyridine rings is 1. The predicted octanol–water partition coefficient (Wildman–Crippen LogP) is 3.78. The lowest BCUT2D eigenvalue weighted by molar-refractivity contribution is 0.120. The minimum Gasteiger partial charge on any atom is -0.465 e. The summed E-state index contributed by atoms with van der Waals surface area (Å²) in [5.74, 6) is 0.347. The smallest absolute Gasteiger partial charge is 0.407 e. The van der Waals surface area contributed by atoms with Crippen molar-refractivity contribution in [2.75, 3.05) is 18.8 Å². The van der Waals surface area contributed by atoms with E-state index in [0.29, 0.717) is 30.0 Å². The Kier molecular flexibility index (Phi) is 6.57. The molecule has 0 spiro atoms. The number of rotatable bonds is 6. The molecule has 3 heterocycles. The minimum atomic E-state index is -3.63. The van der Waals surface area contributed by atoms with E-state index in [1.807, 2.05) is 41.9 Å². The highest BCUT2D eigenvalue weighted by atomic mass is 32.2. The minimum absolute atomic E-state index is 0.113. The first-order valence-corrected chi connectivity index (χ1v) is 13.5. The lowest BCUT2D eigenvalue weighted by Crippen LogP contribution is -2.40. The van der Waals surface area contributed by atoms with Crippen LogP contribution in [0.4, 0.5) is 10.6 Å². The number of amides is 1. The first-order valence-electron chi connectivity index (χ1n) is 12.0. The molecule has 0 bridgehead atoms. The topological polar surface area (TPSA) is 143 Å². The predicted molar refractivity (Wildman–Crippen MR) is 140 cm³/mol. The Morgan fingerprint density at radius 2 is 1.86 bits per heavy atom. The fraction of sp³-hybridized carbons (Fsp3) is 0.269. The number of anilines is 1. The van der Waals surface area contributed by atoms with Crippen LogP contribution in [0.15, 0.2) is 65.7 Å². The molecule has 37 heavy (non-hydrogen) atoms. The summed E-state index contributed by atoms with van der Waals surface area (Å²) in [5.41, 5.74) is 10.3. The molecule has 4 N–H and O–H groups in total. The van der Waals surface area contributed by atoms with Crippen LogP contribution < -0.4 is 10.5 Å². The molecule has 5 rings (SSSR count). The van der Waals surface area contributed by atoms with E-state index < -0.39 is 16.1 Å². The maximum absolute atomic E-state index is 12.6. The fourth-order valence-corrected chi connectivity index (χ4v) is 5.70. The number of aryl methyl sites for hydroxylation is 1. The number of piperidine rings is 1. The summed E-state index contributed by atoms with van der Waals surface area (Å²) in [4.78, 5) is 17.4. The number of carbonyl (C=O) groups is 1. The number of hydrogen-bond acceptors (Lipinski definition) is 6. The number of likely N-dealkylation sites (tertiary alicyclic amines) is 1. The normalized spacial score (nSPS) is 16.2. The van der Waals surface area contributed by atoms with Gasteiger partial charge in [-0.15, -0.1) is 0 Å². The van der Waals surface area contributed by atoms with Gasteiger partial charge in [0.1, 0.15) is 11.5 Å². The molecule has 1 fully saturated rings. The van der Waals surface area contributed by atoms with Crippen LogP contribution in [0, 0.1) is 6.92 Å². The summed E-state index contributed by atoms with van der Waals surface area (Å²) in [6.07, 6.45) is 2.25. The van der Waals surface area contributed by atoms with Crippen LogP contribution in [-0.4, -0.2) is 52.4 Å². The van der Waals surface area contributed by atoms with Crippen molar-refractivity contribution >= 4 is 32.8 Å². The number of benzene rings is 2. The molecule has 2 aromatic heterocycles. The first kappa shape index (κ1) is 24.7. The Morgan fingerprint density at radius 3 is 2.57 bits per heavy atom. The van der Waals surface area contributed by atoms with Gasteiger partial charge in [0.15, 0.2) is 0 Å². The van der Waals surface area contributed by atoms with Crippen LogP contribution in [0.25, 0.3) is 22.2 Å². The number of aromatic nitrogens is 3. The van der Waals surface area contributed by atoms with Gasteiger partial charge in [0.05, 0.1) is 21.8 Å². The average molecular weight is 521 g/mol. The van der Waals surface area contributed by atoms with Crippen molar-refractivity contribution in [1.29, 1.82) is 0 Å². The third kappa shape index (κ3) is 5.00. The third-order valence-corrected chi connectivity index (χ3v) is 8.10. The SMILES string of the molecule is Cc1ccc(S(=O)(=O)NCc2ccc(-c3nn([C@@H]4CCCN(C(=O)O)C4)c4ccnc(N)c34)cc2)cc1. The molecule has 1 aliphatic heterocycles. The van der Waals surface area contributed by atoms with Crippen molar-refractivity contribution in [3.05, 3.63) is 71.9 Å². The highest BCUT2D eigenvalue weighted by molar-refractivity contribution is 7.89. The quantitative estimate of drug-likeness (QED) is 0.351. The van der Waals surface area contributed by atoms with Crippen LogP contribution in [0.1, 0.15) is 30.0 Å². The molecular formula is C26H28N6O4S. The van der Waals surface area contributed by atoms with Crippen molar-refractivity contribution in [2.24, 2.45) is 0 Å². The van der Waals surface area contributed by atoms with Crippen LogP contribution in [0.3, 0.4) is 0 Å². The molecule has 2 aromatic carbocycles. The van der Waals surface area contributed by atoms with E-state index in [4.69, 9.17) is 10.8 Å². The molecule has 0 unspecified atom stereocenters. The Hall–Kier alpha value is -3.96. The summed E-state index contributed by atoms with van der Waals surface area (Å²) in [6.45, 7) is 2.91. The van der Waals surface area contributed by atoms with Gasteiger partial charge in [-0.05, 0) is 43.5 Å². The Morgan fingerprint density at radius 1 is 1.14 bits per heavy atom. The molecule has 0 radical (unpaired) electrons. The van der Waals surface area contributed by atoms with E-state index in [2.05, 4.69) is 9.71 Å². The largest absolute Gasteiger partial charge is 0.465 e. The molecule has 10 nitrogen and oxygen atoms in total. The van der Waals surface area contributed by atoms with Gasteiger partial charge in [-0.2, -0.15) is 5.10 Å². The number of sulfonamides is 1. The molecule has 1 atom stereocenters.